The summed E-state index contributed by atoms with van der Waals surface area (Å²) in [4.78, 5) is 26.1. The summed E-state index contributed by atoms with van der Waals surface area (Å²) in [5, 5.41) is 26.3. The van der Waals surface area contributed by atoms with Crippen LogP contribution >= 0.6 is 0 Å². The molecule has 0 saturated carbocycles. The predicted molar refractivity (Wildman–Crippen MR) is 86.2 cm³/mol. The third-order valence-electron chi connectivity index (χ3n) is 1.22. The summed E-state index contributed by atoms with van der Waals surface area (Å²) >= 11 is 0. The van der Waals surface area contributed by atoms with E-state index in [2.05, 4.69) is 0 Å². The number of carboxylic acids is 1. The minimum absolute atomic E-state index is 0. The zero-order valence-corrected chi connectivity index (χ0v) is 13.8. The van der Waals surface area contributed by atoms with Gasteiger partial charge in [0.1, 0.15) is 0 Å². The van der Waals surface area contributed by atoms with Crippen molar-refractivity contribution >= 4 is 12.0 Å². The normalized spacial score (nSPS) is 6.45. The van der Waals surface area contributed by atoms with Crippen LogP contribution in [0.25, 0.3) is 6.08 Å². The van der Waals surface area contributed by atoms with Crippen LogP contribution in [0.4, 0.5) is 0 Å². The number of hydrogen-bond donors (Lipinski definition) is 1. The van der Waals surface area contributed by atoms with Crippen molar-refractivity contribution in [1.29, 1.82) is 0 Å². The van der Waals surface area contributed by atoms with Crippen LogP contribution in [-0.2, 0) is 37.5 Å². The minimum Gasteiger partial charge on any atom is -0.478 e. The largest absolute Gasteiger partial charge is 0.478 e. The zero-order valence-electron chi connectivity index (χ0n) is 11.0. The van der Waals surface area contributed by atoms with E-state index in [9.17, 15) is 4.79 Å². The van der Waals surface area contributed by atoms with Gasteiger partial charge in [0.05, 0.1) is 0 Å². The van der Waals surface area contributed by atoms with Gasteiger partial charge >= 0.3 is 5.97 Å². The maximum atomic E-state index is 10.1. The fraction of sp³-hybridized carbons (Fsp3) is 0.308. The van der Waals surface area contributed by atoms with Crippen LogP contribution in [0.2, 0.25) is 0 Å². The monoisotopic (exact) mass is 391 g/mol. The molecule has 1 aromatic rings. The molecular formula is C13H22N2O6Y-2. The summed E-state index contributed by atoms with van der Waals surface area (Å²) in [6.07, 6.45) is 2.68. The number of hydrogen-bond acceptors (Lipinski definition) is 7. The standard InChI is InChI=1S/C9H8O2.C2H6.2CH4.2HNO2.Y/c10-9(11)7-6-8-4-2-1-3-5-8;1-2;;;2*2-1-3;/h1-7H,(H,10,11);1-2H3;2*1H4;2*(H,2,3);/p-2/b7-6+;;;;;;. The van der Waals surface area contributed by atoms with Gasteiger partial charge in [-0.1, -0.05) is 59.0 Å². The van der Waals surface area contributed by atoms with Gasteiger partial charge in [-0.2, -0.15) is 0 Å². The Morgan fingerprint density at radius 2 is 1.36 bits per heavy atom. The van der Waals surface area contributed by atoms with Crippen molar-refractivity contribution in [2.75, 3.05) is 0 Å². The Morgan fingerprint density at radius 3 is 1.64 bits per heavy atom. The van der Waals surface area contributed by atoms with Crippen LogP contribution in [0.1, 0.15) is 34.3 Å². The fourth-order valence-electron chi connectivity index (χ4n) is 0.732. The van der Waals surface area contributed by atoms with Crippen molar-refractivity contribution in [2.45, 2.75) is 28.7 Å². The van der Waals surface area contributed by atoms with Crippen molar-refractivity contribution < 1.29 is 42.6 Å². The molecule has 22 heavy (non-hydrogen) atoms. The van der Waals surface area contributed by atoms with Gasteiger partial charge in [-0.05, 0) is 11.6 Å². The number of rotatable bonds is 2. The Balaban J connectivity index is -0.0000000504. The number of nitrogens with zero attached hydrogens (tertiary/aromatic N) is 2. The van der Waals surface area contributed by atoms with Crippen LogP contribution in [0.3, 0.4) is 0 Å². The van der Waals surface area contributed by atoms with Crippen molar-refractivity contribution in [3.63, 3.8) is 0 Å². The number of carboxylic acid groups (broad SMARTS) is 1. The van der Waals surface area contributed by atoms with Crippen LogP contribution in [0.15, 0.2) is 47.1 Å². The Hall–Kier alpha value is -1.67. The van der Waals surface area contributed by atoms with E-state index < -0.39 is 5.97 Å². The van der Waals surface area contributed by atoms with Gasteiger partial charge < -0.3 is 25.3 Å². The Bertz CT molecular complexity index is 355. The molecule has 0 aliphatic rings. The average molecular weight is 391 g/mol. The van der Waals surface area contributed by atoms with Gasteiger partial charge in [-0.25, -0.2) is 4.79 Å². The molecule has 1 aromatic carbocycles. The first-order valence-corrected chi connectivity index (χ1v) is 4.98. The average Bonchev–Trinajstić information content (AvgIpc) is 2.42. The topological polar surface area (TPSA) is 142 Å². The second-order valence-electron chi connectivity index (χ2n) is 2.23. The molecule has 0 saturated heterocycles. The van der Waals surface area contributed by atoms with E-state index in [1.165, 1.54) is 0 Å². The van der Waals surface area contributed by atoms with Gasteiger partial charge in [0.2, 0.25) is 0 Å². The van der Waals surface area contributed by atoms with Crippen LogP contribution in [-0.4, -0.2) is 11.1 Å². The molecule has 1 radical (unpaired) electrons. The maximum Gasteiger partial charge on any atom is 0.328 e. The van der Waals surface area contributed by atoms with Crippen LogP contribution < -0.4 is 0 Å². The maximum absolute atomic E-state index is 10.1. The molecule has 0 amide bonds. The second-order valence-corrected chi connectivity index (χ2v) is 2.23. The van der Waals surface area contributed by atoms with Crippen LogP contribution in [0, 0.1) is 20.2 Å². The van der Waals surface area contributed by atoms with E-state index in [-0.39, 0.29) is 47.6 Å². The molecule has 1 N–H and O–H groups in total. The Morgan fingerprint density at radius 1 is 1.05 bits per heavy atom. The summed E-state index contributed by atoms with van der Waals surface area (Å²) < 4.78 is 0. The molecule has 0 atom stereocenters. The SMILES string of the molecule is C.C.CC.O=C(O)/C=C/c1ccccc1.O=N[O-].O=N[O-].[Y]. The van der Waals surface area contributed by atoms with E-state index >= 15 is 0 Å². The first-order chi connectivity index (χ1) is 9.12. The molecule has 0 bridgehead atoms. The third kappa shape index (κ3) is 42.9. The molecular weight excluding hydrogens is 369 g/mol. The first kappa shape index (κ1) is 37.0. The smallest absolute Gasteiger partial charge is 0.328 e. The molecule has 0 aliphatic heterocycles. The third-order valence-corrected chi connectivity index (χ3v) is 1.22. The molecule has 0 aromatic heterocycles. The van der Waals surface area contributed by atoms with E-state index in [1.54, 1.807) is 6.08 Å². The predicted octanol–water partition coefficient (Wildman–Crippen LogP) is 4.58. The van der Waals surface area contributed by atoms with Crippen LogP contribution in [0.5, 0.6) is 0 Å². The number of benzene rings is 1. The zero-order chi connectivity index (χ0) is 15.5. The molecule has 1 rings (SSSR count). The summed E-state index contributed by atoms with van der Waals surface area (Å²) in [6, 6.07) is 9.31. The van der Waals surface area contributed by atoms with E-state index in [4.69, 9.17) is 25.3 Å². The van der Waals surface area contributed by atoms with E-state index in [1.807, 2.05) is 44.2 Å². The van der Waals surface area contributed by atoms with Gasteiger partial charge in [-0.15, -0.1) is 10.7 Å². The molecule has 0 spiro atoms. The van der Waals surface area contributed by atoms with Gasteiger partial charge in [0, 0.05) is 38.8 Å². The molecule has 0 heterocycles. The van der Waals surface area contributed by atoms with Crippen molar-refractivity contribution in [3.05, 3.63) is 62.2 Å². The van der Waals surface area contributed by atoms with Crippen molar-refractivity contribution in [3.8, 4) is 0 Å². The van der Waals surface area contributed by atoms with Crippen molar-refractivity contribution in [1.82, 2.24) is 0 Å². The quantitative estimate of drug-likeness (QED) is 0.444. The molecule has 0 fully saturated rings. The molecule has 9 heteroatoms. The number of carbonyl (C=O) groups is 1. The summed E-state index contributed by atoms with van der Waals surface area (Å²) in [6.45, 7) is 4.00. The van der Waals surface area contributed by atoms with Gasteiger partial charge in [0.25, 0.3) is 0 Å². The Kier molecular flexibility index (Phi) is 61.5. The Labute approximate surface area is 156 Å². The summed E-state index contributed by atoms with van der Waals surface area (Å²) in [5.74, 6) is -0.922. The number of aliphatic carboxylic acids is 1. The molecule has 0 unspecified atom stereocenters. The summed E-state index contributed by atoms with van der Waals surface area (Å²) in [5.41, 5.74) is 0.898. The molecule has 8 nitrogen and oxygen atoms in total. The second kappa shape index (κ2) is 36.6. The molecule has 0 aliphatic carbocycles. The fourth-order valence-corrected chi connectivity index (χ4v) is 0.732. The minimum atomic E-state index is -0.922. The summed E-state index contributed by atoms with van der Waals surface area (Å²) in [7, 11) is 0. The van der Waals surface area contributed by atoms with Crippen molar-refractivity contribution in [2.24, 2.45) is 10.7 Å². The van der Waals surface area contributed by atoms with Gasteiger partial charge in [0.15, 0.2) is 0 Å². The van der Waals surface area contributed by atoms with E-state index in [0.717, 1.165) is 22.3 Å². The molecule has 125 valence electrons. The van der Waals surface area contributed by atoms with E-state index in [0.29, 0.717) is 0 Å². The first-order valence-electron chi connectivity index (χ1n) is 4.98. The van der Waals surface area contributed by atoms with Gasteiger partial charge in [-0.3, -0.25) is 0 Å².